The largest absolute Gasteiger partial charge is 0.633 e. The highest BCUT2D eigenvalue weighted by atomic mass is 32.2. The van der Waals surface area contributed by atoms with E-state index in [0.717, 1.165) is 0 Å². The summed E-state index contributed by atoms with van der Waals surface area (Å²) in [5, 5.41) is 11.8. The molecule has 0 aliphatic carbocycles. The van der Waals surface area contributed by atoms with Crippen LogP contribution in [0.5, 0.6) is 0 Å². The molecule has 122 valence electrons. The molecule has 2 aromatic rings. The summed E-state index contributed by atoms with van der Waals surface area (Å²) in [5.74, 6) is 0. The van der Waals surface area contributed by atoms with Crippen molar-refractivity contribution in [2.45, 2.75) is 16.2 Å². The molecule has 0 N–H and O–H groups in total. The van der Waals surface area contributed by atoms with E-state index in [1.807, 2.05) is 29.2 Å². The fourth-order valence-electron chi connectivity index (χ4n) is 2.91. The number of rotatable bonds is 4. The van der Waals surface area contributed by atoms with Crippen LogP contribution in [0, 0.1) is 5.21 Å². The summed E-state index contributed by atoms with van der Waals surface area (Å²) < 4.78 is 25.2. The van der Waals surface area contributed by atoms with Crippen LogP contribution in [0.1, 0.15) is 6.42 Å². The van der Waals surface area contributed by atoms with Gasteiger partial charge in [-0.15, -0.1) is 0 Å². The molecule has 2 aromatic carbocycles. The lowest BCUT2D eigenvalue weighted by Crippen LogP contribution is -2.36. The first-order valence-electron chi connectivity index (χ1n) is 7.55. The maximum atomic E-state index is 12.8. The number of hydroxylamine groups is 3. The number of quaternary nitrogens is 1. The Morgan fingerprint density at radius 1 is 0.957 bits per heavy atom. The highest BCUT2D eigenvalue weighted by Gasteiger charge is 2.33. The Bertz CT molecular complexity index is 772. The van der Waals surface area contributed by atoms with Crippen LogP contribution in [-0.4, -0.2) is 40.2 Å². The van der Waals surface area contributed by atoms with Crippen LogP contribution in [0.25, 0.3) is 0 Å². The molecule has 0 saturated carbocycles. The highest BCUT2D eigenvalue weighted by molar-refractivity contribution is 7.92. The molecule has 0 unspecified atom stereocenters. The Morgan fingerprint density at radius 3 is 1.91 bits per heavy atom. The summed E-state index contributed by atoms with van der Waals surface area (Å²) in [7, 11) is -0.268. The monoisotopic (exact) mass is 332 g/mol. The maximum Gasteiger partial charge on any atom is 0.210 e. The number of benzene rings is 2. The van der Waals surface area contributed by atoms with Crippen LogP contribution >= 0.6 is 0 Å². The Kier molecular flexibility index (Phi) is 3.91. The van der Waals surface area contributed by atoms with Crippen molar-refractivity contribution in [1.29, 1.82) is 0 Å². The molecular weight excluding hydrogens is 312 g/mol. The molecular formula is C17H20N2O3S. The molecule has 0 aromatic heterocycles. The lowest BCUT2D eigenvalue weighted by Gasteiger charge is -2.36. The van der Waals surface area contributed by atoms with E-state index >= 15 is 0 Å². The lowest BCUT2D eigenvalue weighted by molar-refractivity contribution is -0.840. The van der Waals surface area contributed by atoms with Gasteiger partial charge in [-0.25, -0.2) is 8.42 Å². The van der Waals surface area contributed by atoms with Crippen molar-refractivity contribution in [3.8, 4) is 0 Å². The molecule has 6 heteroatoms. The Morgan fingerprint density at radius 2 is 1.43 bits per heavy atom. The van der Waals surface area contributed by atoms with Gasteiger partial charge < -0.3 is 14.8 Å². The van der Waals surface area contributed by atoms with Crippen molar-refractivity contribution < 1.29 is 13.1 Å². The zero-order chi connectivity index (χ0) is 16.7. The fourth-order valence-corrected chi connectivity index (χ4v) is 4.57. The van der Waals surface area contributed by atoms with Crippen LogP contribution in [0.15, 0.2) is 58.3 Å². The topological polar surface area (TPSA) is 60.4 Å². The third-order valence-corrected chi connectivity index (χ3v) is 5.82. The van der Waals surface area contributed by atoms with E-state index in [4.69, 9.17) is 0 Å². The normalized spacial score (nSPS) is 15.9. The second-order valence-corrected chi connectivity index (χ2v) is 8.13. The van der Waals surface area contributed by atoms with Gasteiger partial charge in [-0.3, -0.25) is 0 Å². The minimum absolute atomic E-state index is 0.328. The Labute approximate surface area is 136 Å². The average Bonchev–Trinajstić information content (AvgIpc) is 2.50. The van der Waals surface area contributed by atoms with Gasteiger partial charge in [0.2, 0.25) is 9.84 Å². The Balaban J connectivity index is 2.04. The molecule has 0 atom stereocenters. The summed E-state index contributed by atoms with van der Waals surface area (Å²) in [6.07, 6.45) is 0.680. The van der Waals surface area contributed by atoms with Crippen molar-refractivity contribution in [2.24, 2.45) is 0 Å². The van der Waals surface area contributed by atoms with E-state index in [1.165, 1.54) is 0 Å². The van der Waals surface area contributed by atoms with Gasteiger partial charge in [-0.2, -0.15) is 0 Å². The average molecular weight is 332 g/mol. The van der Waals surface area contributed by atoms with Crippen molar-refractivity contribution in [3.63, 3.8) is 0 Å². The molecule has 23 heavy (non-hydrogen) atoms. The molecule has 0 saturated heterocycles. The second-order valence-electron chi connectivity index (χ2n) is 6.24. The SMILES string of the molecule is C[N+](C)([O-])CCCN1c2ccccc2S(=O)(=O)c2ccccc21. The van der Waals surface area contributed by atoms with E-state index in [0.29, 0.717) is 40.7 Å². The van der Waals surface area contributed by atoms with Gasteiger partial charge in [0.1, 0.15) is 0 Å². The number of anilines is 2. The van der Waals surface area contributed by atoms with Gasteiger partial charge >= 0.3 is 0 Å². The third-order valence-electron chi connectivity index (χ3n) is 3.97. The van der Waals surface area contributed by atoms with Gasteiger partial charge in [0.05, 0.1) is 41.8 Å². The summed E-state index contributed by atoms with van der Waals surface area (Å²) in [5.41, 5.74) is 1.37. The van der Waals surface area contributed by atoms with Gasteiger partial charge in [0.15, 0.2) is 0 Å². The first-order valence-corrected chi connectivity index (χ1v) is 9.04. The van der Waals surface area contributed by atoms with Crippen molar-refractivity contribution >= 4 is 21.2 Å². The molecule has 5 nitrogen and oxygen atoms in total. The first kappa shape index (κ1) is 16.0. The summed E-state index contributed by atoms with van der Waals surface area (Å²) in [6, 6.07) is 14.1. The molecule has 1 heterocycles. The van der Waals surface area contributed by atoms with Crippen LogP contribution < -0.4 is 4.90 Å². The number of hydrogen-bond donors (Lipinski definition) is 0. The summed E-state index contributed by atoms with van der Waals surface area (Å²) in [4.78, 5) is 2.66. The van der Waals surface area contributed by atoms with Crippen molar-refractivity contribution in [1.82, 2.24) is 0 Å². The number of para-hydroxylation sites is 2. The van der Waals surface area contributed by atoms with E-state index in [9.17, 15) is 13.6 Å². The van der Waals surface area contributed by atoms with Crippen LogP contribution in [0.2, 0.25) is 0 Å². The molecule has 1 aliphatic heterocycles. The second kappa shape index (κ2) is 5.63. The lowest BCUT2D eigenvalue weighted by atomic mass is 10.2. The predicted molar refractivity (Wildman–Crippen MR) is 90.3 cm³/mol. The Hall–Kier alpha value is -1.89. The number of fused-ring (bicyclic) bond motifs is 2. The van der Waals surface area contributed by atoms with E-state index < -0.39 is 9.84 Å². The minimum atomic E-state index is -3.50. The molecule has 3 rings (SSSR count). The number of hydrogen-bond acceptors (Lipinski definition) is 4. The minimum Gasteiger partial charge on any atom is -0.633 e. The zero-order valence-electron chi connectivity index (χ0n) is 13.3. The summed E-state index contributed by atoms with van der Waals surface area (Å²) in [6.45, 7) is 1.08. The molecule has 0 spiro atoms. The molecule has 0 bridgehead atoms. The van der Waals surface area contributed by atoms with Gasteiger partial charge in [-0.1, -0.05) is 24.3 Å². The van der Waals surface area contributed by atoms with Gasteiger partial charge in [0.25, 0.3) is 0 Å². The summed E-state index contributed by atoms with van der Waals surface area (Å²) >= 11 is 0. The first-order chi connectivity index (χ1) is 10.8. The third kappa shape index (κ3) is 2.97. The van der Waals surface area contributed by atoms with E-state index in [2.05, 4.69) is 0 Å². The predicted octanol–water partition coefficient (Wildman–Crippen LogP) is 2.94. The molecule has 0 amide bonds. The molecule has 1 aliphatic rings. The number of sulfone groups is 1. The van der Waals surface area contributed by atoms with Gasteiger partial charge in [-0.05, 0) is 24.3 Å². The standard InChI is InChI=1S/C17H20N2O3S/c1-19(2,20)13-7-12-18-14-8-3-5-10-16(14)23(21,22)17-11-6-4-9-15(17)18/h3-6,8-11H,7,12-13H2,1-2H3. The van der Waals surface area contributed by atoms with Crippen molar-refractivity contribution in [3.05, 3.63) is 53.7 Å². The quantitative estimate of drug-likeness (QED) is 0.638. The fraction of sp³-hybridized carbons (Fsp3) is 0.294. The molecule has 0 fully saturated rings. The zero-order valence-corrected chi connectivity index (χ0v) is 14.1. The maximum absolute atomic E-state index is 12.8. The molecule has 0 radical (unpaired) electrons. The van der Waals surface area contributed by atoms with Crippen LogP contribution in [0.3, 0.4) is 0 Å². The number of nitrogens with zero attached hydrogens (tertiary/aromatic N) is 2. The van der Waals surface area contributed by atoms with E-state index in [-0.39, 0.29) is 4.65 Å². The van der Waals surface area contributed by atoms with Gasteiger partial charge in [0, 0.05) is 13.0 Å². The highest BCUT2D eigenvalue weighted by Crippen LogP contribution is 2.43. The van der Waals surface area contributed by atoms with E-state index in [1.54, 1.807) is 38.4 Å². The van der Waals surface area contributed by atoms with Crippen LogP contribution in [-0.2, 0) is 9.84 Å². The smallest absolute Gasteiger partial charge is 0.210 e. The van der Waals surface area contributed by atoms with Crippen LogP contribution in [0.4, 0.5) is 11.4 Å². The van der Waals surface area contributed by atoms with Crippen molar-refractivity contribution in [2.75, 3.05) is 32.1 Å².